The first-order valence-electron chi connectivity index (χ1n) is 6.26. The zero-order chi connectivity index (χ0) is 13.5. The van der Waals surface area contributed by atoms with Gasteiger partial charge in [-0.1, -0.05) is 31.2 Å². The summed E-state index contributed by atoms with van der Waals surface area (Å²) in [6.45, 7) is 2.09. The minimum atomic E-state index is -0.00999. The van der Waals surface area contributed by atoms with Crippen LogP contribution < -0.4 is 5.32 Å². The van der Waals surface area contributed by atoms with Crippen molar-refractivity contribution in [1.29, 1.82) is 0 Å². The molecular weight excluding hydrogens is 236 g/mol. The number of hydrogen-bond donors (Lipinski definition) is 1. The average Bonchev–Trinajstić information content (AvgIpc) is 2.48. The molecule has 0 aliphatic carbocycles. The summed E-state index contributed by atoms with van der Waals surface area (Å²) in [5.41, 5.74) is 2.83. The average molecular weight is 252 g/mol. The van der Waals surface area contributed by atoms with Crippen molar-refractivity contribution in [3.8, 4) is 0 Å². The van der Waals surface area contributed by atoms with Crippen LogP contribution in [-0.4, -0.2) is 10.8 Å². The lowest BCUT2D eigenvalue weighted by Crippen LogP contribution is -1.96. The van der Waals surface area contributed by atoms with E-state index in [9.17, 15) is 4.79 Å². The van der Waals surface area contributed by atoms with E-state index in [2.05, 4.69) is 17.2 Å². The predicted octanol–water partition coefficient (Wildman–Crippen LogP) is 3.45. The second-order valence-corrected chi connectivity index (χ2v) is 4.13. The molecule has 19 heavy (non-hydrogen) atoms. The van der Waals surface area contributed by atoms with E-state index in [0.29, 0.717) is 5.56 Å². The van der Waals surface area contributed by atoms with Crippen molar-refractivity contribution in [2.45, 2.75) is 13.3 Å². The molecular formula is C16H16N2O. The Balaban J connectivity index is 1.96. The molecule has 3 nitrogen and oxygen atoms in total. The number of nitrogens with one attached hydrogen (secondary N) is 1. The molecule has 0 atom stereocenters. The number of benzene rings is 1. The van der Waals surface area contributed by atoms with Gasteiger partial charge in [0.15, 0.2) is 5.78 Å². The van der Waals surface area contributed by atoms with E-state index in [0.717, 1.165) is 12.1 Å². The van der Waals surface area contributed by atoms with Crippen LogP contribution >= 0.6 is 0 Å². The molecule has 1 aromatic carbocycles. The number of carbonyl (C=O) groups excluding carboxylic acids is 1. The second kappa shape index (κ2) is 6.50. The Bertz CT molecular complexity index is 559. The molecule has 0 radical (unpaired) electrons. The molecule has 3 heteroatoms. The van der Waals surface area contributed by atoms with E-state index in [1.165, 1.54) is 11.6 Å². The summed E-state index contributed by atoms with van der Waals surface area (Å²) in [4.78, 5) is 15.8. The maximum atomic E-state index is 11.9. The molecule has 1 N–H and O–H groups in total. The lowest BCUT2D eigenvalue weighted by atomic mass is 10.1. The van der Waals surface area contributed by atoms with Crippen LogP contribution in [0.5, 0.6) is 0 Å². The number of aromatic nitrogens is 1. The molecule has 0 aliphatic rings. The minimum Gasteiger partial charge on any atom is -0.361 e. The molecule has 0 fully saturated rings. The van der Waals surface area contributed by atoms with Crippen molar-refractivity contribution in [2.75, 3.05) is 5.32 Å². The Labute approximate surface area is 113 Å². The summed E-state index contributed by atoms with van der Waals surface area (Å²) in [6.07, 6.45) is 7.55. The van der Waals surface area contributed by atoms with Gasteiger partial charge >= 0.3 is 0 Å². The van der Waals surface area contributed by atoms with Crippen molar-refractivity contribution in [3.05, 3.63) is 72.2 Å². The summed E-state index contributed by atoms with van der Waals surface area (Å²) >= 11 is 0. The van der Waals surface area contributed by atoms with Gasteiger partial charge in [-0.3, -0.25) is 9.78 Å². The quantitative estimate of drug-likeness (QED) is 0.654. The number of aryl methyl sites for hydroxylation is 1. The Kier molecular flexibility index (Phi) is 4.45. The molecule has 0 amide bonds. The zero-order valence-electron chi connectivity index (χ0n) is 10.8. The number of nitrogens with zero attached hydrogens (tertiary/aromatic N) is 1. The molecule has 96 valence electrons. The fourth-order valence-corrected chi connectivity index (χ4v) is 1.66. The molecule has 2 rings (SSSR count). The SMILES string of the molecule is CCc1ccc(C(=O)/C=C/Nc2ccncc2)cc1. The second-order valence-electron chi connectivity index (χ2n) is 4.13. The zero-order valence-corrected chi connectivity index (χ0v) is 10.8. The minimum absolute atomic E-state index is 0.00999. The number of carbonyl (C=O) groups is 1. The topological polar surface area (TPSA) is 42.0 Å². The van der Waals surface area contributed by atoms with Crippen molar-refractivity contribution in [1.82, 2.24) is 4.98 Å². The number of hydrogen-bond acceptors (Lipinski definition) is 3. The van der Waals surface area contributed by atoms with Gasteiger partial charge in [-0.2, -0.15) is 0 Å². The number of pyridine rings is 1. The van der Waals surface area contributed by atoms with Gasteiger partial charge in [0.1, 0.15) is 0 Å². The Morgan fingerprint density at radius 2 is 1.84 bits per heavy atom. The highest BCUT2D eigenvalue weighted by Crippen LogP contribution is 2.07. The third kappa shape index (κ3) is 3.78. The van der Waals surface area contributed by atoms with Crippen molar-refractivity contribution < 1.29 is 4.79 Å². The molecule has 2 aromatic rings. The van der Waals surface area contributed by atoms with E-state index >= 15 is 0 Å². The van der Waals surface area contributed by atoms with E-state index in [1.807, 2.05) is 36.4 Å². The first-order valence-corrected chi connectivity index (χ1v) is 6.26. The van der Waals surface area contributed by atoms with Gasteiger partial charge in [-0.05, 0) is 24.1 Å². The summed E-state index contributed by atoms with van der Waals surface area (Å²) < 4.78 is 0. The molecule has 0 bridgehead atoms. The summed E-state index contributed by atoms with van der Waals surface area (Å²) in [5.74, 6) is -0.00999. The van der Waals surface area contributed by atoms with Crippen molar-refractivity contribution in [2.24, 2.45) is 0 Å². The molecule has 0 saturated heterocycles. The van der Waals surface area contributed by atoms with Crippen LogP contribution in [0.1, 0.15) is 22.8 Å². The third-order valence-electron chi connectivity index (χ3n) is 2.81. The summed E-state index contributed by atoms with van der Waals surface area (Å²) in [7, 11) is 0. The molecule has 0 spiro atoms. The van der Waals surface area contributed by atoms with Gasteiger partial charge in [0.2, 0.25) is 0 Å². The van der Waals surface area contributed by atoms with Gasteiger partial charge < -0.3 is 5.32 Å². The highest BCUT2D eigenvalue weighted by atomic mass is 16.1. The fourth-order valence-electron chi connectivity index (χ4n) is 1.66. The maximum Gasteiger partial charge on any atom is 0.187 e. The highest BCUT2D eigenvalue weighted by Gasteiger charge is 2.00. The monoisotopic (exact) mass is 252 g/mol. The largest absolute Gasteiger partial charge is 0.361 e. The molecule has 1 heterocycles. The van der Waals surface area contributed by atoms with Crippen LogP contribution in [0.15, 0.2) is 61.1 Å². The maximum absolute atomic E-state index is 11.9. The van der Waals surface area contributed by atoms with E-state index in [-0.39, 0.29) is 5.78 Å². The van der Waals surface area contributed by atoms with Crippen LogP contribution in [-0.2, 0) is 6.42 Å². The van der Waals surface area contributed by atoms with Gasteiger partial charge in [0, 0.05) is 35.9 Å². The molecule has 0 unspecified atom stereocenters. The number of allylic oxidation sites excluding steroid dienone is 1. The Morgan fingerprint density at radius 3 is 2.47 bits per heavy atom. The van der Waals surface area contributed by atoms with Gasteiger partial charge in [0.05, 0.1) is 0 Å². The first kappa shape index (κ1) is 13.0. The number of ketones is 1. The highest BCUT2D eigenvalue weighted by molar-refractivity contribution is 6.04. The van der Waals surface area contributed by atoms with E-state index < -0.39 is 0 Å². The number of anilines is 1. The third-order valence-corrected chi connectivity index (χ3v) is 2.81. The summed E-state index contributed by atoms with van der Waals surface area (Å²) in [5, 5.41) is 3.03. The van der Waals surface area contributed by atoms with Gasteiger partial charge in [0.25, 0.3) is 0 Å². The predicted molar refractivity (Wildman–Crippen MR) is 77.2 cm³/mol. The van der Waals surface area contributed by atoms with Gasteiger partial charge in [-0.25, -0.2) is 0 Å². The van der Waals surface area contributed by atoms with E-state index in [1.54, 1.807) is 18.6 Å². The van der Waals surface area contributed by atoms with Crippen LogP contribution in [0.4, 0.5) is 5.69 Å². The van der Waals surface area contributed by atoms with Gasteiger partial charge in [-0.15, -0.1) is 0 Å². The van der Waals surface area contributed by atoms with Crippen LogP contribution in [0.2, 0.25) is 0 Å². The first-order chi connectivity index (χ1) is 9.29. The lowest BCUT2D eigenvalue weighted by molar-refractivity contribution is 0.104. The fraction of sp³-hybridized carbons (Fsp3) is 0.125. The van der Waals surface area contributed by atoms with Crippen molar-refractivity contribution in [3.63, 3.8) is 0 Å². The molecule has 0 aliphatic heterocycles. The number of rotatable bonds is 5. The van der Waals surface area contributed by atoms with E-state index in [4.69, 9.17) is 0 Å². The van der Waals surface area contributed by atoms with Crippen molar-refractivity contribution >= 4 is 11.5 Å². The Morgan fingerprint density at radius 1 is 1.16 bits per heavy atom. The molecule has 1 aromatic heterocycles. The Hall–Kier alpha value is -2.42. The normalized spacial score (nSPS) is 10.6. The van der Waals surface area contributed by atoms with Crippen LogP contribution in [0, 0.1) is 0 Å². The van der Waals surface area contributed by atoms with Crippen LogP contribution in [0.25, 0.3) is 0 Å². The molecule has 0 saturated carbocycles. The standard InChI is InChI=1S/C16H16N2O/c1-2-13-3-5-14(6-4-13)16(19)9-12-18-15-7-10-17-11-8-15/h3-12H,2H2,1H3,(H,17,18)/b12-9+. The van der Waals surface area contributed by atoms with Crippen LogP contribution in [0.3, 0.4) is 0 Å². The summed E-state index contributed by atoms with van der Waals surface area (Å²) in [6, 6.07) is 11.4. The lowest BCUT2D eigenvalue weighted by Gasteiger charge is -2.00. The smallest absolute Gasteiger partial charge is 0.187 e.